The quantitative estimate of drug-likeness (QED) is 0.513. The van der Waals surface area contributed by atoms with Gasteiger partial charge in [0.05, 0.1) is 10.5 Å². The number of nitrogens with zero attached hydrogens (tertiary/aromatic N) is 1. The van der Waals surface area contributed by atoms with Crippen LogP contribution in [0.1, 0.15) is 5.56 Å². The predicted octanol–water partition coefficient (Wildman–Crippen LogP) is 3.69. The Balaban J connectivity index is 2.09. The lowest BCUT2D eigenvalue weighted by Crippen LogP contribution is -2.34. The molecule has 0 atom stereocenters. The summed E-state index contributed by atoms with van der Waals surface area (Å²) in [5.74, 6) is -1.33. The zero-order chi connectivity index (χ0) is 19.5. The molecule has 0 amide bonds. The topological polar surface area (TPSA) is 63.7 Å². The maximum absolute atomic E-state index is 12.7. The lowest BCUT2D eigenvalue weighted by Gasteiger charge is -2.16. The number of alkyl halides is 3. The molecule has 0 unspecified atom stereocenters. The number of hydrogen-bond donors (Lipinski definition) is 0. The maximum atomic E-state index is 12.7. The molecule has 0 saturated carbocycles. The van der Waals surface area contributed by atoms with E-state index < -0.39 is 34.3 Å². The zero-order valence-electron chi connectivity index (χ0n) is 13.3. The molecule has 2 aromatic carbocycles. The summed E-state index contributed by atoms with van der Waals surface area (Å²) in [5.41, 5.74) is -0.973. The molecule has 2 aromatic rings. The van der Waals surface area contributed by atoms with Gasteiger partial charge >= 0.3 is 12.1 Å². The third-order valence-corrected chi connectivity index (χ3v) is 5.61. The highest BCUT2D eigenvalue weighted by molar-refractivity contribution is 9.10. The van der Waals surface area contributed by atoms with Gasteiger partial charge in [0.2, 0.25) is 10.0 Å². The summed E-state index contributed by atoms with van der Waals surface area (Å²) in [6.45, 7) is -0.658. The SMILES string of the molecule is CN(CC(=O)Oc1cccc(C(F)(F)F)c1)S(=O)(=O)c1ccc(Br)cc1. The molecule has 0 fully saturated rings. The summed E-state index contributed by atoms with van der Waals surface area (Å²) >= 11 is 3.18. The first kappa shape index (κ1) is 20.4. The molecule has 2 rings (SSSR count). The molecule has 5 nitrogen and oxygen atoms in total. The Bertz CT molecular complexity index is 898. The number of benzene rings is 2. The molecule has 26 heavy (non-hydrogen) atoms. The third kappa shape index (κ3) is 5.05. The van der Waals surface area contributed by atoms with Gasteiger partial charge in [0.25, 0.3) is 0 Å². The molecule has 0 aliphatic rings. The molecule has 0 heterocycles. The van der Waals surface area contributed by atoms with Gasteiger partial charge in [0, 0.05) is 11.5 Å². The Labute approximate surface area is 156 Å². The van der Waals surface area contributed by atoms with Crippen molar-refractivity contribution in [3.63, 3.8) is 0 Å². The Morgan fingerprint density at radius 3 is 2.35 bits per heavy atom. The van der Waals surface area contributed by atoms with Crippen LogP contribution in [0.3, 0.4) is 0 Å². The van der Waals surface area contributed by atoms with E-state index in [1.807, 2.05) is 0 Å². The van der Waals surface area contributed by atoms with Crippen LogP contribution < -0.4 is 4.74 Å². The van der Waals surface area contributed by atoms with Gasteiger partial charge in [0.1, 0.15) is 12.3 Å². The molecule has 0 bridgehead atoms. The van der Waals surface area contributed by atoms with Crippen LogP contribution >= 0.6 is 15.9 Å². The molecule has 0 saturated heterocycles. The fraction of sp³-hybridized carbons (Fsp3) is 0.188. The molecule has 0 aromatic heterocycles. The second-order valence-electron chi connectivity index (χ2n) is 5.21. The smallest absolute Gasteiger partial charge is 0.416 e. The van der Waals surface area contributed by atoms with Crippen molar-refractivity contribution in [1.82, 2.24) is 4.31 Å². The summed E-state index contributed by atoms with van der Waals surface area (Å²) in [5, 5.41) is 0. The molecular weight excluding hydrogens is 439 g/mol. The number of likely N-dealkylation sites (N-methyl/N-ethyl adjacent to an activating group) is 1. The highest BCUT2D eigenvalue weighted by Crippen LogP contribution is 2.31. The van der Waals surface area contributed by atoms with Gasteiger partial charge in [-0.3, -0.25) is 4.79 Å². The van der Waals surface area contributed by atoms with Crippen molar-refractivity contribution in [3.05, 3.63) is 58.6 Å². The monoisotopic (exact) mass is 451 g/mol. The standard InChI is InChI=1S/C16H13BrF3NO4S/c1-21(26(23,24)14-7-5-12(17)6-8-14)10-15(22)25-13-4-2-3-11(9-13)16(18,19)20/h2-9H,10H2,1H3. The summed E-state index contributed by atoms with van der Waals surface area (Å²) in [4.78, 5) is 11.9. The van der Waals surface area contributed by atoms with E-state index in [0.29, 0.717) is 10.5 Å². The van der Waals surface area contributed by atoms with Gasteiger partial charge in [-0.1, -0.05) is 22.0 Å². The minimum absolute atomic E-state index is 0.0323. The van der Waals surface area contributed by atoms with Crippen LogP contribution in [0.4, 0.5) is 13.2 Å². The van der Waals surface area contributed by atoms with E-state index in [1.165, 1.54) is 37.4 Å². The third-order valence-electron chi connectivity index (χ3n) is 3.27. The number of halogens is 4. The van der Waals surface area contributed by atoms with E-state index in [1.54, 1.807) is 0 Å². The second-order valence-corrected chi connectivity index (χ2v) is 8.18. The van der Waals surface area contributed by atoms with E-state index >= 15 is 0 Å². The summed E-state index contributed by atoms with van der Waals surface area (Å²) in [6.07, 6.45) is -4.58. The number of esters is 1. The molecule has 10 heteroatoms. The normalized spacial score (nSPS) is 12.2. The Morgan fingerprint density at radius 1 is 1.15 bits per heavy atom. The van der Waals surface area contributed by atoms with Gasteiger partial charge < -0.3 is 4.74 Å². The van der Waals surface area contributed by atoms with Crippen molar-refractivity contribution in [2.75, 3.05) is 13.6 Å². The van der Waals surface area contributed by atoms with Crippen LogP contribution in [0.5, 0.6) is 5.75 Å². The molecule has 140 valence electrons. The lowest BCUT2D eigenvalue weighted by atomic mass is 10.2. The molecule has 0 spiro atoms. The Kier molecular flexibility index (Phi) is 6.09. The molecule has 0 aliphatic heterocycles. The van der Waals surface area contributed by atoms with Crippen molar-refractivity contribution in [3.8, 4) is 5.75 Å². The average molecular weight is 452 g/mol. The number of carbonyl (C=O) groups excluding carboxylic acids is 1. The number of carbonyl (C=O) groups is 1. The first-order valence-corrected chi connectivity index (χ1v) is 9.33. The fourth-order valence-corrected chi connectivity index (χ4v) is 3.33. The van der Waals surface area contributed by atoms with Crippen LogP contribution in [-0.2, 0) is 21.0 Å². The van der Waals surface area contributed by atoms with E-state index in [4.69, 9.17) is 4.74 Å². The first-order chi connectivity index (χ1) is 12.0. The first-order valence-electron chi connectivity index (χ1n) is 7.10. The van der Waals surface area contributed by atoms with Gasteiger partial charge in [-0.2, -0.15) is 17.5 Å². The van der Waals surface area contributed by atoms with Gasteiger partial charge in [0.15, 0.2) is 0 Å². The van der Waals surface area contributed by atoms with Crippen LogP contribution in [0.15, 0.2) is 57.9 Å². The minimum Gasteiger partial charge on any atom is -0.426 e. The van der Waals surface area contributed by atoms with Crippen LogP contribution in [-0.4, -0.2) is 32.3 Å². The number of rotatable bonds is 5. The molecule has 0 aliphatic carbocycles. The zero-order valence-corrected chi connectivity index (χ0v) is 15.7. The van der Waals surface area contributed by atoms with Crippen molar-refractivity contribution in [2.24, 2.45) is 0 Å². The van der Waals surface area contributed by atoms with Crippen molar-refractivity contribution in [1.29, 1.82) is 0 Å². The van der Waals surface area contributed by atoms with Gasteiger partial charge in [-0.05, 0) is 42.5 Å². The molecular formula is C16H13BrF3NO4S. The number of hydrogen-bond acceptors (Lipinski definition) is 4. The fourth-order valence-electron chi connectivity index (χ4n) is 1.95. The van der Waals surface area contributed by atoms with Gasteiger partial charge in [-0.15, -0.1) is 0 Å². The predicted molar refractivity (Wildman–Crippen MR) is 91.0 cm³/mol. The Hall–Kier alpha value is -1.91. The highest BCUT2D eigenvalue weighted by Gasteiger charge is 2.31. The van der Waals surface area contributed by atoms with Crippen LogP contribution in [0.2, 0.25) is 0 Å². The summed E-state index contributed by atoms with van der Waals surface area (Å²) in [7, 11) is -2.77. The molecule has 0 N–H and O–H groups in total. The molecule has 0 radical (unpaired) electrons. The number of ether oxygens (including phenoxy) is 1. The second kappa shape index (κ2) is 7.77. The Morgan fingerprint density at radius 2 is 1.77 bits per heavy atom. The van der Waals surface area contributed by atoms with Crippen molar-refractivity contribution >= 4 is 31.9 Å². The lowest BCUT2D eigenvalue weighted by molar-refractivity contribution is -0.139. The van der Waals surface area contributed by atoms with Gasteiger partial charge in [-0.25, -0.2) is 8.42 Å². The van der Waals surface area contributed by atoms with Crippen molar-refractivity contribution < 1.29 is 31.1 Å². The largest absolute Gasteiger partial charge is 0.426 e. The maximum Gasteiger partial charge on any atom is 0.416 e. The van der Waals surface area contributed by atoms with E-state index in [0.717, 1.165) is 16.4 Å². The highest BCUT2D eigenvalue weighted by atomic mass is 79.9. The minimum atomic E-state index is -4.58. The van der Waals surface area contributed by atoms with E-state index in [2.05, 4.69) is 15.9 Å². The summed E-state index contributed by atoms with van der Waals surface area (Å²) in [6, 6.07) is 9.54. The van der Waals surface area contributed by atoms with Crippen LogP contribution in [0, 0.1) is 0 Å². The van der Waals surface area contributed by atoms with E-state index in [-0.39, 0.29) is 10.6 Å². The van der Waals surface area contributed by atoms with Crippen molar-refractivity contribution in [2.45, 2.75) is 11.1 Å². The number of sulfonamides is 1. The summed E-state index contributed by atoms with van der Waals surface area (Å²) < 4.78 is 69.0. The average Bonchev–Trinajstić information content (AvgIpc) is 2.54. The van der Waals surface area contributed by atoms with E-state index in [9.17, 15) is 26.4 Å². The van der Waals surface area contributed by atoms with Crippen LogP contribution in [0.25, 0.3) is 0 Å².